The van der Waals surface area contributed by atoms with Gasteiger partial charge >= 0.3 is 0 Å². The summed E-state index contributed by atoms with van der Waals surface area (Å²) < 4.78 is 33.3. The minimum atomic E-state index is -0.979. The molecule has 0 saturated heterocycles. The zero-order chi connectivity index (χ0) is 16.7. The number of halogens is 2. The van der Waals surface area contributed by atoms with Crippen LogP contribution >= 0.6 is 0 Å². The monoisotopic (exact) mass is 314 g/mol. The number of hydrogen-bond donors (Lipinski definition) is 0. The lowest BCUT2D eigenvalue weighted by Crippen LogP contribution is -1.94. The molecule has 3 heteroatoms. The SMILES string of the molecule is CC=COc1ccc(-c2ccc(C=CCCC)cc2)c(F)c1F. The normalized spacial score (nSPS) is 11.5. The molecule has 0 radical (unpaired) electrons. The van der Waals surface area contributed by atoms with E-state index in [0.717, 1.165) is 18.4 Å². The van der Waals surface area contributed by atoms with Gasteiger partial charge in [0.2, 0.25) is 5.82 Å². The maximum absolute atomic E-state index is 14.2. The van der Waals surface area contributed by atoms with Crippen molar-refractivity contribution in [3.8, 4) is 16.9 Å². The predicted octanol–water partition coefficient (Wildman–Crippen LogP) is 6.36. The molecule has 0 bridgehead atoms. The minimum absolute atomic E-state index is 0.122. The molecule has 0 aromatic heterocycles. The van der Waals surface area contributed by atoms with Crippen molar-refractivity contribution in [1.29, 1.82) is 0 Å². The lowest BCUT2D eigenvalue weighted by atomic mass is 10.0. The molecule has 0 N–H and O–H groups in total. The summed E-state index contributed by atoms with van der Waals surface area (Å²) in [6.45, 7) is 3.85. The molecule has 2 aromatic carbocycles. The molecule has 0 amide bonds. The van der Waals surface area contributed by atoms with Crippen molar-refractivity contribution in [2.75, 3.05) is 0 Å². The van der Waals surface area contributed by atoms with Gasteiger partial charge < -0.3 is 4.74 Å². The van der Waals surface area contributed by atoms with Gasteiger partial charge in [0.05, 0.1) is 6.26 Å². The van der Waals surface area contributed by atoms with Crippen molar-refractivity contribution >= 4 is 6.08 Å². The minimum Gasteiger partial charge on any atom is -0.462 e. The largest absolute Gasteiger partial charge is 0.462 e. The highest BCUT2D eigenvalue weighted by Crippen LogP contribution is 2.30. The van der Waals surface area contributed by atoms with Gasteiger partial charge in [-0.1, -0.05) is 55.8 Å². The van der Waals surface area contributed by atoms with Crippen LogP contribution in [0, 0.1) is 11.6 Å². The molecule has 2 rings (SSSR count). The van der Waals surface area contributed by atoms with Crippen LogP contribution in [0.1, 0.15) is 32.3 Å². The van der Waals surface area contributed by atoms with E-state index in [1.165, 1.54) is 18.4 Å². The first-order valence-corrected chi connectivity index (χ1v) is 7.70. The van der Waals surface area contributed by atoms with Gasteiger partial charge in [0.15, 0.2) is 11.6 Å². The average molecular weight is 314 g/mol. The summed E-state index contributed by atoms with van der Waals surface area (Å²) in [5.74, 6) is -2.00. The van der Waals surface area contributed by atoms with Gasteiger partial charge in [0.25, 0.3) is 0 Å². The lowest BCUT2D eigenvalue weighted by molar-refractivity contribution is 0.415. The number of allylic oxidation sites excluding steroid dienone is 2. The molecule has 0 unspecified atom stereocenters. The highest BCUT2D eigenvalue weighted by atomic mass is 19.2. The molecule has 2 aromatic rings. The van der Waals surface area contributed by atoms with Crippen molar-refractivity contribution < 1.29 is 13.5 Å². The fourth-order valence-corrected chi connectivity index (χ4v) is 2.15. The van der Waals surface area contributed by atoms with Crippen LogP contribution in [0.5, 0.6) is 5.75 Å². The Bertz CT molecular complexity index is 700. The Morgan fingerprint density at radius 2 is 1.74 bits per heavy atom. The van der Waals surface area contributed by atoms with E-state index in [1.807, 2.05) is 18.2 Å². The fourth-order valence-electron chi connectivity index (χ4n) is 2.15. The zero-order valence-corrected chi connectivity index (χ0v) is 13.4. The molecule has 0 fully saturated rings. The van der Waals surface area contributed by atoms with Crippen LogP contribution in [0.15, 0.2) is 54.8 Å². The highest BCUT2D eigenvalue weighted by molar-refractivity contribution is 5.67. The second kappa shape index (κ2) is 8.28. The summed E-state index contributed by atoms with van der Waals surface area (Å²) in [7, 11) is 0. The van der Waals surface area contributed by atoms with E-state index >= 15 is 0 Å². The number of rotatable bonds is 6. The van der Waals surface area contributed by atoms with E-state index in [-0.39, 0.29) is 11.3 Å². The molecule has 0 saturated carbocycles. The zero-order valence-electron chi connectivity index (χ0n) is 13.4. The quantitative estimate of drug-likeness (QED) is 0.564. The Labute approximate surface area is 135 Å². The topological polar surface area (TPSA) is 9.23 Å². The summed E-state index contributed by atoms with van der Waals surface area (Å²) in [6, 6.07) is 10.3. The Kier molecular flexibility index (Phi) is 6.10. The molecule has 1 nitrogen and oxygen atoms in total. The van der Waals surface area contributed by atoms with Crippen molar-refractivity contribution in [3.05, 3.63) is 72.0 Å². The summed E-state index contributed by atoms with van der Waals surface area (Å²) in [4.78, 5) is 0. The van der Waals surface area contributed by atoms with Gasteiger partial charge in [0.1, 0.15) is 0 Å². The van der Waals surface area contributed by atoms with Crippen LogP contribution in [-0.4, -0.2) is 0 Å². The van der Waals surface area contributed by atoms with Gasteiger partial charge in [0, 0.05) is 5.56 Å². The third-order valence-corrected chi connectivity index (χ3v) is 3.37. The van der Waals surface area contributed by atoms with Crippen LogP contribution in [0.25, 0.3) is 17.2 Å². The van der Waals surface area contributed by atoms with Gasteiger partial charge in [-0.05, 0) is 36.6 Å². The average Bonchev–Trinajstić information content (AvgIpc) is 2.57. The number of benzene rings is 2. The van der Waals surface area contributed by atoms with E-state index in [4.69, 9.17) is 4.74 Å². The van der Waals surface area contributed by atoms with Crippen LogP contribution in [-0.2, 0) is 0 Å². The van der Waals surface area contributed by atoms with E-state index in [1.54, 1.807) is 25.1 Å². The van der Waals surface area contributed by atoms with E-state index in [9.17, 15) is 8.78 Å². The van der Waals surface area contributed by atoms with Crippen LogP contribution in [0.2, 0.25) is 0 Å². The van der Waals surface area contributed by atoms with Crippen molar-refractivity contribution in [2.24, 2.45) is 0 Å². The standard InChI is InChI=1S/C20H20F2O/c1-3-5-6-7-15-8-10-16(11-9-15)17-12-13-18(23-14-4-2)20(22)19(17)21/h4,6-14H,3,5H2,1-2H3. The Hall–Kier alpha value is -2.42. The lowest BCUT2D eigenvalue weighted by Gasteiger charge is -2.08. The summed E-state index contributed by atoms with van der Waals surface area (Å²) in [5, 5.41) is 0. The van der Waals surface area contributed by atoms with Crippen molar-refractivity contribution in [1.82, 2.24) is 0 Å². The smallest absolute Gasteiger partial charge is 0.201 e. The van der Waals surface area contributed by atoms with Gasteiger partial charge in [-0.25, -0.2) is 4.39 Å². The first-order valence-electron chi connectivity index (χ1n) is 7.70. The van der Waals surface area contributed by atoms with Gasteiger partial charge in [-0.3, -0.25) is 0 Å². The molecular formula is C20H20F2O. The third-order valence-electron chi connectivity index (χ3n) is 3.37. The Morgan fingerprint density at radius 1 is 1.00 bits per heavy atom. The maximum atomic E-state index is 14.2. The second-order valence-electron chi connectivity index (χ2n) is 5.14. The van der Waals surface area contributed by atoms with Crippen molar-refractivity contribution in [3.63, 3.8) is 0 Å². The summed E-state index contributed by atoms with van der Waals surface area (Å²) >= 11 is 0. The van der Waals surface area contributed by atoms with Crippen LogP contribution in [0.3, 0.4) is 0 Å². The van der Waals surface area contributed by atoms with E-state index in [0.29, 0.717) is 5.56 Å². The number of unbranched alkanes of at least 4 members (excludes halogenated alkanes) is 1. The predicted molar refractivity (Wildman–Crippen MR) is 91.2 cm³/mol. The number of ether oxygens (including phenoxy) is 1. The molecular weight excluding hydrogens is 294 g/mol. The Morgan fingerprint density at radius 3 is 2.39 bits per heavy atom. The summed E-state index contributed by atoms with van der Waals surface area (Å²) in [5.41, 5.74) is 1.89. The fraction of sp³-hybridized carbons (Fsp3) is 0.200. The van der Waals surface area contributed by atoms with Gasteiger partial charge in [-0.15, -0.1) is 0 Å². The molecule has 0 aliphatic rings. The molecule has 0 atom stereocenters. The van der Waals surface area contributed by atoms with Crippen molar-refractivity contribution in [2.45, 2.75) is 26.7 Å². The molecule has 0 spiro atoms. The first kappa shape index (κ1) is 16.9. The molecule has 120 valence electrons. The summed E-state index contributed by atoms with van der Waals surface area (Å²) in [6.07, 6.45) is 9.17. The van der Waals surface area contributed by atoms with E-state index in [2.05, 4.69) is 13.0 Å². The van der Waals surface area contributed by atoms with Gasteiger partial charge in [-0.2, -0.15) is 4.39 Å². The van der Waals surface area contributed by atoms with Crippen LogP contribution in [0.4, 0.5) is 8.78 Å². The highest BCUT2D eigenvalue weighted by Gasteiger charge is 2.15. The maximum Gasteiger partial charge on any atom is 0.201 e. The molecule has 0 aliphatic carbocycles. The second-order valence-corrected chi connectivity index (χ2v) is 5.14. The van der Waals surface area contributed by atoms with E-state index < -0.39 is 11.6 Å². The first-order chi connectivity index (χ1) is 11.2. The number of hydrogen-bond acceptors (Lipinski definition) is 1. The molecule has 0 heterocycles. The Balaban J connectivity index is 2.26. The van der Waals surface area contributed by atoms with Crippen LogP contribution < -0.4 is 4.74 Å². The molecule has 23 heavy (non-hydrogen) atoms. The third kappa shape index (κ3) is 4.28. The molecule has 0 aliphatic heterocycles.